The van der Waals surface area contributed by atoms with Gasteiger partial charge in [-0.3, -0.25) is 19.2 Å². The van der Waals surface area contributed by atoms with E-state index in [0.717, 1.165) is 12.0 Å². The van der Waals surface area contributed by atoms with E-state index in [2.05, 4.69) is 5.10 Å². The topological polar surface area (TPSA) is 100.0 Å². The molecule has 0 atom stereocenters. The van der Waals surface area contributed by atoms with Gasteiger partial charge in [0.05, 0.1) is 30.9 Å². The van der Waals surface area contributed by atoms with Crippen molar-refractivity contribution in [3.05, 3.63) is 65.4 Å². The number of imide groups is 1. The van der Waals surface area contributed by atoms with E-state index in [4.69, 9.17) is 14.2 Å². The molecule has 0 spiro atoms. The number of rotatable bonds is 7. The minimum atomic E-state index is -0.485. The van der Waals surface area contributed by atoms with Crippen LogP contribution >= 0.6 is 0 Å². The number of ether oxygens (including phenoxy) is 3. The molecule has 5 rings (SSSR count). The van der Waals surface area contributed by atoms with Crippen molar-refractivity contribution in [3.63, 3.8) is 0 Å². The smallest absolute Gasteiger partial charge is 0.341 e. The van der Waals surface area contributed by atoms with Gasteiger partial charge in [-0.15, -0.1) is 0 Å². The van der Waals surface area contributed by atoms with Gasteiger partial charge in [-0.1, -0.05) is 12.1 Å². The summed E-state index contributed by atoms with van der Waals surface area (Å²) in [5.74, 6) is 0.249. The van der Waals surface area contributed by atoms with Crippen molar-refractivity contribution in [1.29, 1.82) is 0 Å². The lowest BCUT2D eigenvalue weighted by Gasteiger charge is -2.13. The highest BCUT2D eigenvalue weighted by atomic mass is 16.5. The number of hydrogen-bond donors (Lipinski definition) is 0. The average molecular weight is 476 g/mol. The van der Waals surface area contributed by atoms with Gasteiger partial charge in [0, 0.05) is 31.8 Å². The number of aryl methyl sites for hydroxylation is 1. The zero-order valence-corrected chi connectivity index (χ0v) is 19.4. The Kier molecular flexibility index (Phi) is 6.22. The molecule has 2 aromatic carbocycles. The monoisotopic (exact) mass is 475 g/mol. The second-order valence-electron chi connectivity index (χ2n) is 8.43. The molecule has 0 unspecified atom stereocenters. The fraction of sp³-hybridized carbons (Fsp3) is 0.308. The number of fused-ring (bicyclic) bond motifs is 2. The molecule has 9 nitrogen and oxygen atoms in total. The van der Waals surface area contributed by atoms with Crippen molar-refractivity contribution in [2.45, 2.75) is 19.3 Å². The van der Waals surface area contributed by atoms with Gasteiger partial charge in [0.25, 0.3) is 11.8 Å². The van der Waals surface area contributed by atoms with Crippen LogP contribution in [-0.4, -0.2) is 58.8 Å². The first-order valence-electron chi connectivity index (χ1n) is 11.6. The number of amides is 2. The quantitative estimate of drug-likeness (QED) is 0.293. The van der Waals surface area contributed by atoms with E-state index < -0.39 is 5.97 Å². The van der Waals surface area contributed by atoms with E-state index in [9.17, 15) is 14.4 Å². The molecular formula is C26H25N3O6. The summed E-state index contributed by atoms with van der Waals surface area (Å²) in [6.07, 6.45) is 3.47. The first kappa shape index (κ1) is 22.6. The van der Waals surface area contributed by atoms with Crippen LogP contribution in [-0.2, 0) is 11.8 Å². The Labute approximate surface area is 202 Å². The number of aromatic nitrogens is 2. The van der Waals surface area contributed by atoms with Crippen LogP contribution in [0.1, 0.15) is 50.3 Å². The number of benzene rings is 2. The van der Waals surface area contributed by atoms with Crippen molar-refractivity contribution >= 4 is 17.8 Å². The molecule has 3 heterocycles. The molecule has 0 fully saturated rings. The first-order chi connectivity index (χ1) is 17.0. The molecule has 180 valence electrons. The van der Waals surface area contributed by atoms with Gasteiger partial charge in [-0.25, -0.2) is 4.79 Å². The third-order valence-corrected chi connectivity index (χ3v) is 5.96. The Morgan fingerprint density at radius 1 is 1.00 bits per heavy atom. The van der Waals surface area contributed by atoms with Crippen molar-refractivity contribution in [2.75, 3.05) is 26.4 Å². The zero-order chi connectivity index (χ0) is 24.4. The number of carbonyl (C=O) groups excluding carboxylic acids is 3. The largest absolute Gasteiger partial charge is 0.490 e. The maximum Gasteiger partial charge on any atom is 0.341 e. The molecule has 2 amide bonds. The Morgan fingerprint density at radius 2 is 1.71 bits per heavy atom. The van der Waals surface area contributed by atoms with E-state index in [-0.39, 0.29) is 25.0 Å². The van der Waals surface area contributed by atoms with Crippen molar-refractivity contribution in [1.82, 2.24) is 14.7 Å². The van der Waals surface area contributed by atoms with Gasteiger partial charge in [0.1, 0.15) is 11.3 Å². The number of esters is 1. The summed E-state index contributed by atoms with van der Waals surface area (Å²) >= 11 is 0. The van der Waals surface area contributed by atoms with E-state index in [1.54, 1.807) is 42.2 Å². The number of unbranched alkanes of at least 4 members (excludes halogenated alkanes) is 1. The van der Waals surface area contributed by atoms with Gasteiger partial charge in [0.15, 0.2) is 11.5 Å². The predicted octanol–water partition coefficient (Wildman–Crippen LogP) is 3.48. The fourth-order valence-electron chi connectivity index (χ4n) is 4.22. The molecule has 9 heteroatoms. The summed E-state index contributed by atoms with van der Waals surface area (Å²) in [5, 5.41) is 4.45. The lowest BCUT2D eigenvalue weighted by Crippen LogP contribution is -2.30. The molecule has 2 aliphatic heterocycles. The van der Waals surface area contributed by atoms with E-state index >= 15 is 0 Å². The zero-order valence-electron chi connectivity index (χ0n) is 19.4. The maximum atomic E-state index is 12.8. The molecule has 35 heavy (non-hydrogen) atoms. The summed E-state index contributed by atoms with van der Waals surface area (Å²) < 4.78 is 18.5. The van der Waals surface area contributed by atoms with E-state index in [1.807, 2.05) is 18.2 Å². The van der Waals surface area contributed by atoms with Crippen LogP contribution in [0.15, 0.2) is 48.7 Å². The first-order valence-corrected chi connectivity index (χ1v) is 11.6. The molecule has 1 aromatic heterocycles. The van der Waals surface area contributed by atoms with Gasteiger partial charge < -0.3 is 14.2 Å². The molecule has 3 aromatic rings. The summed E-state index contributed by atoms with van der Waals surface area (Å²) in [4.78, 5) is 38.9. The number of nitrogens with zero attached hydrogens (tertiary/aromatic N) is 3. The molecule has 0 radical (unpaired) electrons. The minimum absolute atomic E-state index is 0.164. The normalized spacial score (nSPS) is 14.6. The highest BCUT2D eigenvalue weighted by molar-refractivity contribution is 6.21. The van der Waals surface area contributed by atoms with Crippen LogP contribution < -0.4 is 9.47 Å². The maximum absolute atomic E-state index is 12.8. The third kappa shape index (κ3) is 4.49. The van der Waals surface area contributed by atoms with Crippen LogP contribution in [0.4, 0.5) is 0 Å². The highest BCUT2D eigenvalue weighted by Crippen LogP contribution is 2.35. The highest BCUT2D eigenvalue weighted by Gasteiger charge is 2.34. The van der Waals surface area contributed by atoms with Crippen molar-refractivity contribution < 1.29 is 28.6 Å². The molecule has 0 saturated heterocycles. The van der Waals surface area contributed by atoms with Gasteiger partial charge in [-0.05, 0) is 43.2 Å². The number of carbonyl (C=O) groups is 3. The van der Waals surface area contributed by atoms with Gasteiger partial charge >= 0.3 is 5.97 Å². The van der Waals surface area contributed by atoms with Crippen LogP contribution in [0.5, 0.6) is 11.5 Å². The second-order valence-corrected chi connectivity index (χ2v) is 8.43. The van der Waals surface area contributed by atoms with Crippen LogP contribution in [0.25, 0.3) is 11.3 Å². The Bertz CT molecular complexity index is 1260. The van der Waals surface area contributed by atoms with Gasteiger partial charge in [0.2, 0.25) is 0 Å². The standard InChI is InChI=1S/C26H25N3O6/c1-28-16-20(23(27-28)17-9-10-21-22(15-17)34-14-6-13-33-21)26(32)35-12-5-4-11-29-24(30)18-7-2-3-8-19(18)25(29)31/h2-3,7-10,15-16H,4-6,11-14H2,1H3. The van der Waals surface area contributed by atoms with E-state index in [0.29, 0.717) is 59.9 Å². The SMILES string of the molecule is Cn1cc(C(=O)OCCCCN2C(=O)c3ccccc3C2=O)c(-c2ccc3c(c2)OCCCO3)n1. The average Bonchev–Trinajstić information content (AvgIpc) is 3.25. The van der Waals surface area contributed by atoms with Gasteiger partial charge in [-0.2, -0.15) is 5.10 Å². The Hall–Kier alpha value is -4.14. The lowest BCUT2D eigenvalue weighted by molar-refractivity contribution is 0.0486. The molecular weight excluding hydrogens is 450 g/mol. The second kappa shape index (κ2) is 9.61. The van der Waals surface area contributed by atoms with Crippen molar-refractivity contribution in [3.8, 4) is 22.8 Å². The molecule has 0 aliphatic carbocycles. The van der Waals surface area contributed by atoms with Crippen LogP contribution in [0.2, 0.25) is 0 Å². The lowest BCUT2D eigenvalue weighted by atomic mass is 10.1. The summed E-state index contributed by atoms with van der Waals surface area (Å²) in [7, 11) is 1.74. The van der Waals surface area contributed by atoms with E-state index in [1.165, 1.54) is 4.90 Å². The third-order valence-electron chi connectivity index (χ3n) is 5.96. The van der Waals surface area contributed by atoms with Crippen molar-refractivity contribution in [2.24, 2.45) is 7.05 Å². The molecule has 2 aliphatic rings. The Balaban J connectivity index is 1.18. The number of hydrogen-bond acceptors (Lipinski definition) is 7. The van der Waals surface area contributed by atoms with Crippen LogP contribution in [0.3, 0.4) is 0 Å². The summed E-state index contributed by atoms with van der Waals surface area (Å²) in [6, 6.07) is 12.3. The molecule has 0 bridgehead atoms. The molecule has 0 saturated carbocycles. The minimum Gasteiger partial charge on any atom is -0.490 e. The Morgan fingerprint density at radius 3 is 2.46 bits per heavy atom. The predicted molar refractivity (Wildman–Crippen MR) is 126 cm³/mol. The fourth-order valence-corrected chi connectivity index (χ4v) is 4.22. The summed E-state index contributed by atoms with van der Waals surface area (Å²) in [5.41, 5.74) is 2.44. The summed E-state index contributed by atoms with van der Waals surface area (Å²) in [6.45, 7) is 1.60. The van der Waals surface area contributed by atoms with Crippen LogP contribution in [0, 0.1) is 0 Å². The molecule has 0 N–H and O–H groups in total.